The van der Waals surface area contributed by atoms with Gasteiger partial charge in [0.25, 0.3) is 0 Å². The molecule has 0 amide bonds. The molecule has 0 radical (unpaired) electrons. The number of ether oxygens (including phenoxy) is 2. The van der Waals surface area contributed by atoms with Crippen LogP contribution in [0.25, 0.3) is 6.08 Å². The van der Waals surface area contributed by atoms with Gasteiger partial charge in [-0.2, -0.15) is 0 Å². The Hall–Kier alpha value is -2.96. The lowest BCUT2D eigenvalue weighted by atomic mass is 9.79. The van der Waals surface area contributed by atoms with E-state index in [1.54, 1.807) is 0 Å². The molecule has 3 rings (SSSR count). The van der Waals surface area contributed by atoms with Crippen LogP contribution in [0, 0.1) is 10.8 Å². The minimum atomic E-state index is -2.07. The summed E-state index contributed by atoms with van der Waals surface area (Å²) in [5.41, 5.74) is 0.633. The molecule has 2 aromatic carbocycles. The van der Waals surface area contributed by atoms with Crippen molar-refractivity contribution in [1.82, 2.24) is 0 Å². The third-order valence-corrected chi connectivity index (χ3v) is 7.67. The molecule has 0 spiro atoms. The monoisotopic (exact) mass is 492 g/mol. The molecule has 6 heteroatoms. The summed E-state index contributed by atoms with van der Waals surface area (Å²) in [4.78, 5) is 25.3. The Balaban J connectivity index is 2.11. The van der Waals surface area contributed by atoms with E-state index in [9.17, 15) is 9.59 Å². The highest BCUT2D eigenvalue weighted by Gasteiger charge is 2.73. The molecule has 0 heterocycles. The van der Waals surface area contributed by atoms with Crippen molar-refractivity contribution in [3.05, 3.63) is 90.0 Å². The molecule has 1 fully saturated rings. The van der Waals surface area contributed by atoms with E-state index in [4.69, 9.17) is 13.9 Å². The van der Waals surface area contributed by atoms with Crippen LogP contribution in [0.2, 0.25) is 19.6 Å². The number of benzene rings is 2. The van der Waals surface area contributed by atoms with Crippen LogP contribution in [0.1, 0.15) is 30.4 Å². The van der Waals surface area contributed by atoms with E-state index < -0.39 is 25.1 Å². The molecule has 0 N–H and O–H groups in total. The smallest absolute Gasteiger partial charge is 0.330 e. The zero-order valence-corrected chi connectivity index (χ0v) is 22.5. The zero-order chi connectivity index (χ0) is 25.7. The van der Waals surface area contributed by atoms with E-state index in [1.165, 1.54) is 20.3 Å². The van der Waals surface area contributed by atoms with E-state index in [2.05, 4.69) is 26.6 Å². The van der Waals surface area contributed by atoms with Crippen molar-refractivity contribution >= 4 is 26.3 Å². The molecule has 0 unspecified atom stereocenters. The van der Waals surface area contributed by atoms with Gasteiger partial charge < -0.3 is 13.9 Å². The molecule has 186 valence electrons. The van der Waals surface area contributed by atoms with Gasteiger partial charge in [0.1, 0.15) is 0 Å². The summed E-state index contributed by atoms with van der Waals surface area (Å²) in [5, 5.41) is 0. The molecule has 4 atom stereocenters. The summed E-state index contributed by atoms with van der Waals surface area (Å²) >= 11 is 0. The first-order chi connectivity index (χ1) is 16.6. The van der Waals surface area contributed by atoms with Crippen LogP contribution in [0.4, 0.5) is 0 Å². The number of carbonyl (C=O) groups excluding carboxylic acids is 2. The predicted molar refractivity (Wildman–Crippen MR) is 141 cm³/mol. The fourth-order valence-corrected chi connectivity index (χ4v) is 5.96. The Morgan fingerprint density at radius 2 is 1.54 bits per heavy atom. The lowest BCUT2D eigenvalue weighted by molar-refractivity contribution is -0.147. The van der Waals surface area contributed by atoms with Gasteiger partial charge in [0.05, 0.1) is 25.7 Å². The predicted octanol–water partition coefficient (Wildman–Crippen LogP) is 6.00. The molecular formula is C29H36O5Si. The molecule has 1 aliphatic rings. The Labute approximate surface area is 209 Å². The number of carbonyl (C=O) groups is 2. The molecule has 1 saturated carbocycles. The number of esters is 2. The maximum atomic E-state index is 13.3. The topological polar surface area (TPSA) is 61.8 Å². The number of methoxy groups -OCH3 is 2. The fraction of sp³-hybridized carbons (Fsp3) is 0.379. The third kappa shape index (κ3) is 6.00. The van der Waals surface area contributed by atoms with Gasteiger partial charge in [0.2, 0.25) is 0 Å². The molecule has 35 heavy (non-hydrogen) atoms. The van der Waals surface area contributed by atoms with Gasteiger partial charge in [-0.25, -0.2) is 4.79 Å². The largest absolute Gasteiger partial charge is 0.468 e. The van der Waals surface area contributed by atoms with E-state index in [0.717, 1.165) is 11.1 Å². The molecule has 0 saturated heterocycles. The Bertz CT molecular complexity index is 1070. The van der Waals surface area contributed by atoms with Crippen LogP contribution in [0.15, 0.2) is 78.9 Å². The maximum absolute atomic E-state index is 13.3. The standard InChI is InChI=1S/C29H36O5Si/c1-28(21-29(28,27(31)33-3)20-19-22-13-9-7-10-14-22)26(34-35(4,5)6)24(17-18-25(30)32-2)23-15-11-8-12-16-23/h7-20,24,26H,21H2,1-6H3/b18-17+,20-19+/t24-,26+,28-,29-/m0/s1. The molecule has 5 nitrogen and oxygen atoms in total. The number of hydrogen-bond donors (Lipinski definition) is 0. The van der Waals surface area contributed by atoms with Crippen molar-refractivity contribution in [2.24, 2.45) is 10.8 Å². The van der Waals surface area contributed by atoms with Crippen molar-refractivity contribution in [2.45, 2.75) is 45.0 Å². The van der Waals surface area contributed by atoms with Gasteiger partial charge in [-0.15, -0.1) is 0 Å². The second-order valence-electron chi connectivity index (χ2n) is 10.3. The quantitative estimate of drug-likeness (QED) is 0.231. The summed E-state index contributed by atoms with van der Waals surface area (Å²) < 4.78 is 17.0. The molecule has 0 aromatic heterocycles. The average molecular weight is 493 g/mol. The van der Waals surface area contributed by atoms with Crippen LogP contribution in [-0.2, 0) is 23.5 Å². The lowest BCUT2D eigenvalue weighted by Gasteiger charge is -2.38. The van der Waals surface area contributed by atoms with Crippen LogP contribution < -0.4 is 0 Å². The highest BCUT2D eigenvalue weighted by Crippen LogP contribution is 2.70. The number of hydrogen-bond acceptors (Lipinski definition) is 5. The van der Waals surface area contributed by atoms with Gasteiger partial charge in [0, 0.05) is 17.4 Å². The summed E-state index contributed by atoms with van der Waals surface area (Å²) in [5.74, 6) is -0.967. The Morgan fingerprint density at radius 3 is 2.09 bits per heavy atom. The van der Waals surface area contributed by atoms with Gasteiger partial charge >= 0.3 is 11.9 Å². The first kappa shape index (κ1) is 26.6. The van der Waals surface area contributed by atoms with E-state index >= 15 is 0 Å². The minimum absolute atomic E-state index is 0.260. The maximum Gasteiger partial charge on any atom is 0.330 e. The average Bonchev–Trinajstić information content (AvgIpc) is 3.48. The first-order valence-electron chi connectivity index (χ1n) is 11.9. The van der Waals surface area contributed by atoms with Crippen LogP contribution >= 0.6 is 0 Å². The minimum Gasteiger partial charge on any atom is -0.468 e. The highest BCUT2D eigenvalue weighted by molar-refractivity contribution is 6.69. The third-order valence-electron chi connectivity index (χ3n) is 6.71. The van der Waals surface area contributed by atoms with Crippen LogP contribution in [0.5, 0.6) is 0 Å². The molecule has 0 aliphatic heterocycles. The van der Waals surface area contributed by atoms with E-state index in [-0.39, 0.29) is 18.0 Å². The summed E-state index contributed by atoms with van der Waals surface area (Å²) in [6.45, 7) is 8.50. The van der Waals surface area contributed by atoms with Crippen molar-refractivity contribution < 1.29 is 23.5 Å². The summed E-state index contributed by atoms with van der Waals surface area (Å²) in [7, 11) is 0.719. The number of rotatable bonds is 10. The summed E-state index contributed by atoms with van der Waals surface area (Å²) in [6, 6.07) is 19.9. The molecular weight excluding hydrogens is 456 g/mol. The van der Waals surface area contributed by atoms with Crippen LogP contribution in [0.3, 0.4) is 0 Å². The first-order valence-corrected chi connectivity index (χ1v) is 15.3. The van der Waals surface area contributed by atoms with Gasteiger partial charge in [-0.1, -0.05) is 85.8 Å². The van der Waals surface area contributed by atoms with Crippen molar-refractivity contribution in [3.8, 4) is 0 Å². The lowest BCUT2D eigenvalue weighted by Crippen LogP contribution is -2.43. The van der Waals surface area contributed by atoms with Crippen LogP contribution in [-0.4, -0.2) is 40.6 Å². The molecule has 0 bridgehead atoms. The van der Waals surface area contributed by atoms with Gasteiger partial charge in [-0.05, 0) is 37.2 Å². The highest BCUT2D eigenvalue weighted by atomic mass is 28.4. The van der Waals surface area contributed by atoms with Crippen molar-refractivity contribution in [1.29, 1.82) is 0 Å². The van der Waals surface area contributed by atoms with Crippen molar-refractivity contribution in [3.63, 3.8) is 0 Å². The molecule has 2 aromatic rings. The molecule has 1 aliphatic carbocycles. The zero-order valence-electron chi connectivity index (χ0n) is 21.5. The second kappa shape index (κ2) is 10.8. The summed E-state index contributed by atoms with van der Waals surface area (Å²) in [6.07, 6.45) is 7.47. The Morgan fingerprint density at radius 1 is 0.943 bits per heavy atom. The van der Waals surface area contributed by atoms with Gasteiger partial charge in [0.15, 0.2) is 8.32 Å². The SMILES string of the molecule is COC(=O)/C=C/[C@@H](c1ccccc1)[C@@H](O[Si](C)(C)C)[C@]1(C)C[C@@]1(/C=C/c1ccccc1)C(=O)OC. The second-order valence-corrected chi connectivity index (χ2v) is 14.7. The normalized spacial score (nSPS) is 23.7. The van der Waals surface area contributed by atoms with E-state index in [0.29, 0.717) is 6.42 Å². The van der Waals surface area contributed by atoms with Crippen molar-refractivity contribution in [2.75, 3.05) is 14.2 Å². The van der Waals surface area contributed by atoms with Gasteiger partial charge in [-0.3, -0.25) is 4.79 Å². The van der Waals surface area contributed by atoms with E-state index in [1.807, 2.05) is 78.9 Å². The Kier molecular flexibility index (Phi) is 8.18. The fourth-order valence-electron chi connectivity index (χ4n) is 4.79.